The van der Waals surface area contributed by atoms with Crippen LogP contribution in [0, 0.1) is 0 Å². The fraction of sp³-hybridized carbons (Fsp3) is 0.0909. The van der Waals surface area contributed by atoms with E-state index >= 15 is 0 Å². The summed E-state index contributed by atoms with van der Waals surface area (Å²) in [6, 6.07) is 4.57. The van der Waals surface area contributed by atoms with Crippen molar-refractivity contribution in [3.05, 3.63) is 40.9 Å². The standard InChI is InChI=1S/C11H8F3N3O3/c12-11(13,14)20-7-3-1-6(2-4-7)19-10-8(15)9(18)16-5-17-10/h1-5H,15H2,(H,16,17,18). The van der Waals surface area contributed by atoms with Gasteiger partial charge in [-0.25, -0.2) is 4.98 Å². The molecule has 0 amide bonds. The Labute approximate surface area is 110 Å². The van der Waals surface area contributed by atoms with Crippen LogP contribution < -0.4 is 20.8 Å². The third kappa shape index (κ3) is 3.40. The molecule has 0 saturated carbocycles. The molecule has 0 unspecified atom stereocenters. The van der Waals surface area contributed by atoms with Gasteiger partial charge in [-0.05, 0) is 24.3 Å². The molecule has 0 saturated heterocycles. The zero-order chi connectivity index (χ0) is 14.8. The van der Waals surface area contributed by atoms with E-state index in [9.17, 15) is 18.0 Å². The van der Waals surface area contributed by atoms with Crippen LogP contribution in [0.3, 0.4) is 0 Å². The summed E-state index contributed by atoms with van der Waals surface area (Å²) in [5, 5.41) is 0. The minimum Gasteiger partial charge on any atom is -0.437 e. The minimum absolute atomic E-state index is 0.141. The zero-order valence-electron chi connectivity index (χ0n) is 9.77. The number of benzene rings is 1. The molecule has 0 bridgehead atoms. The van der Waals surface area contributed by atoms with E-state index in [0.717, 1.165) is 18.5 Å². The number of nitrogens with one attached hydrogen (secondary N) is 1. The number of aromatic nitrogens is 2. The van der Waals surface area contributed by atoms with Gasteiger partial charge in [-0.1, -0.05) is 0 Å². The number of nitrogens with zero attached hydrogens (tertiary/aromatic N) is 1. The van der Waals surface area contributed by atoms with Crippen LogP contribution >= 0.6 is 0 Å². The highest BCUT2D eigenvalue weighted by Gasteiger charge is 2.30. The minimum atomic E-state index is -4.76. The van der Waals surface area contributed by atoms with Gasteiger partial charge in [-0.15, -0.1) is 13.2 Å². The van der Waals surface area contributed by atoms with E-state index in [-0.39, 0.29) is 17.3 Å². The van der Waals surface area contributed by atoms with Gasteiger partial charge in [-0.2, -0.15) is 0 Å². The number of hydrogen-bond donors (Lipinski definition) is 2. The Kier molecular flexibility index (Phi) is 3.51. The van der Waals surface area contributed by atoms with E-state index in [1.165, 1.54) is 12.1 Å². The van der Waals surface area contributed by atoms with E-state index in [1.807, 2.05) is 0 Å². The van der Waals surface area contributed by atoms with Crippen molar-refractivity contribution in [3.63, 3.8) is 0 Å². The molecule has 9 heteroatoms. The lowest BCUT2D eigenvalue weighted by Crippen LogP contribution is -2.17. The molecule has 6 nitrogen and oxygen atoms in total. The largest absolute Gasteiger partial charge is 0.573 e. The van der Waals surface area contributed by atoms with Crippen LogP contribution in [0.1, 0.15) is 0 Å². The first kappa shape index (κ1) is 13.7. The molecule has 0 radical (unpaired) electrons. The second-order valence-corrected chi connectivity index (χ2v) is 3.57. The van der Waals surface area contributed by atoms with Gasteiger partial charge in [0.25, 0.3) is 5.56 Å². The van der Waals surface area contributed by atoms with Crippen molar-refractivity contribution in [1.29, 1.82) is 0 Å². The van der Waals surface area contributed by atoms with Crippen molar-refractivity contribution in [1.82, 2.24) is 9.97 Å². The van der Waals surface area contributed by atoms with Gasteiger partial charge in [0.2, 0.25) is 5.88 Å². The third-order valence-corrected chi connectivity index (χ3v) is 2.12. The van der Waals surface area contributed by atoms with Crippen molar-refractivity contribution in [2.45, 2.75) is 6.36 Å². The molecule has 106 valence electrons. The Hall–Kier alpha value is -2.71. The molecule has 0 fully saturated rings. The Balaban J connectivity index is 2.15. The smallest absolute Gasteiger partial charge is 0.437 e. The third-order valence-electron chi connectivity index (χ3n) is 2.12. The van der Waals surface area contributed by atoms with Gasteiger partial charge < -0.3 is 20.2 Å². The summed E-state index contributed by atoms with van der Waals surface area (Å²) < 4.78 is 44.8. The van der Waals surface area contributed by atoms with Gasteiger partial charge in [-0.3, -0.25) is 4.79 Å². The maximum atomic E-state index is 12.0. The molecule has 3 N–H and O–H groups in total. The number of halogens is 3. The van der Waals surface area contributed by atoms with Crippen molar-refractivity contribution in [2.24, 2.45) is 0 Å². The first-order valence-electron chi connectivity index (χ1n) is 5.22. The normalized spacial score (nSPS) is 11.2. The highest BCUT2D eigenvalue weighted by molar-refractivity contribution is 5.47. The van der Waals surface area contributed by atoms with Crippen LogP contribution in [0.5, 0.6) is 17.4 Å². The van der Waals surface area contributed by atoms with Crippen LogP contribution in [0.15, 0.2) is 35.4 Å². The molecule has 1 aromatic carbocycles. The molecule has 2 rings (SSSR count). The Morgan fingerprint density at radius 2 is 1.75 bits per heavy atom. The number of aromatic amines is 1. The highest BCUT2D eigenvalue weighted by Crippen LogP contribution is 2.27. The number of ether oxygens (including phenoxy) is 2. The van der Waals surface area contributed by atoms with Crippen LogP contribution in [-0.2, 0) is 0 Å². The summed E-state index contributed by atoms with van der Waals surface area (Å²) in [7, 11) is 0. The van der Waals surface area contributed by atoms with Gasteiger partial charge >= 0.3 is 6.36 Å². The van der Waals surface area contributed by atoms with E-state index in [2.05, 4.69) is 14.7 Å². The molecule has 0 atom stereocenters. The van der Waals surface area contributed by atoms with Crippen molar-refractivity contribution < 1.29 is 22.6 Å². The van der Waals surface area contributed by atoms with Crippen molar-refractivity contribution >= 4 is 5.69 Å². The number of anilines is 1. The lowest BCUT2D eigenvalue weighted by molar-refractivity contribution is -0.274. The highest BCUT2D eigenvalue weighted by atomic mass is 19.4. The topological polar surface area (TPSA) is 90.2 Å². The summed E-state index contributed by atoms with van der Waals surface area (Å²) >= 11 is 0. The molecule has 2 aromatic rings. The van der Waals surface area contributed by atoms with E-state index < -0.39 is 17.7 Å². The lowest BCUT2D eigenvalue weighted by Gasteiger charge is -2.10. The maximum Gasteiger partial charge on any atom is 0.573 e. The second kappa shape index (κ2) is 5.11. The van der Waals surface area contributed by atoms with Gasteiger partial charge in [0.15, 0.2) is 5.69 Å². The summed E-state index contributed by atoms with van der Waals surface area (Å²) in [6.07, 6.45) is -3.67. The summed E-state index contributed by atoms with van der Waals surface area (Å²) in [5.41, 5.74) is 4.63. The molecular weight excluding hydrogens is 279 g/mol. The molecule has 0 aliphatic carbocycles. The first-order valence-corrected chi connectivity index (χ1v) is 5.22. The number of alkyl halides is 3. The average Bonchev–Trinajstić information content (AvgIpc) is 2.35. The maximum absolute atomic E-state index is 12.0. The fourth-order valence-corrected chi connectivity index (χ4v) is 1.30. The van der Waals surface area contributed by atoms with Crippen LogP contribution in [-0.4, -0.2) is 16.3 Å². The average molecular weight is 287 g/mol. The number of nitrogens with two attached hydrogens (primary N) is 1. The Bertz CT molecular complexity index is 652. The number of H-pyrrole nitrogens is 1. The zero-order valence-corrected chi connectivity index (χ0v) is 9.77. The van der Waals surface area contributed by atoms with Crippen LogP contribution in [0.4, 0.5) is 18.9 Å². The van der Waals surface area contributed by atoms with E-state index in [4.69, 9.17) is 10.5 Å². The molecule has 0 aliphatic rings. The molecule has 0 spiro atoms. The fourth-order valence-electron chi connectivity index (χ4n) is 1.30. The SMILES string of the molecule is Nc1c(Oc2ccc(OC(F)(F)F)cc2)nc[nH]c1=O. The summed E-state index contributed by atoms with van der Waals surface area (Å²) in [5.74, 6) is -0.376. The molecule has 1 heterocycles. The summed E-state index contributed by atoms with van der Waals surface area (Å²) in [4.78, 5) is 17.1. The molecule has 1 aromatic heterocycles. The van der Waals surface area contributed by atoms with Crippen molar-refractivity contribution in [3.8, 4) is 17.4 Å². The lowest BCUT2D eigenvalue weighted by atomic mass is 10.3. The molecule has 20 heavy (non-hydrogen) atoms. The van der Waals surface area contributed by atoms with Gasteiger partial charge in [0.1, 0.15) is 11.5 Å². The monoisotopic (exact) mass is 287 g/mol. The molecule has 0 aliphatic heterocycles. The van der Waals surface area contributed by atoms with Gasteiger partial charge in [0, 0.05) is 0 Å². The second-order valence-electron chi connectivity index (χ2n) is 3.57. The molecular formula is C11H8F3N3O3. The quantitative estimate of drug-likeness (QED) is 0.901. The first-order chi connectivity index (χ1) is 9.35. The van der Waals surface area contributed by atoms with Gasteiger partial charge in [0.05, 0.1) is 6.33 Å². The summed E-state index contributed by atoms with van der Waals surface area (Å²) in [6.45, 7) is 0. The predicted octanol–water partition coefficient (Wildman–Crippen LogP) is 2.04. The van der Waals surface area contributed by atoms with Crippen LogP contribution in [0.2, 0.25) is 0 Å². The number of rotatable bonds is 3. The van der Waals surface area contributed by atoms with E-state index in [1.54, 1.807) is 0 Å². The number of hydrogen-bond acceptors (Lipinski definition) is 5. The number of nitrogen functional groups attached to an aromatic ring is 1. The van der Waals surface area contributed by atoms with E-state index in [0.29, 0.717) is 0 Å². The Morgan fingerprint density at radius 3 is 2.35 bits per heavy atom. The van der Waals surface area contributed by atoms with Crippen LogP contribution in [0.25, 0.3) is 0 Å². The Morgan fingerprint density at radius 1 is 1.15 bits per heavy atom. The predicted molar refractivity (Wildman–Crippen MR) is 62.5 cm³/mol. The van der Waals surface area contributed by atoms with Crippen molar-refractivity contribution in [2.75, 3.05) is 5.73 Å².